The molecule has 0 unspecified atom stereocenters. The number of carbonyl (C=O) groups is 1. The number of aromatic carboxylic acids is 1. The van der Waals surface area contributed by atoms with Crippen LogP contribution in [0.2, 0.25) is 0 Å². The SMILES string of the molecule is Cc1sc2nnn(Cc3nc(C(=O)O)co3)c(=O)c2c1C. The van der Waals surface area contributed by atoms with Crippen LogP contribution in [0.1, 0.15) is 26.8 Å². The summed E-state index contributed by atoms with van der Waals surface area (Å²) >= 11 is 1.41. The van der Waals surface area contributed by atoms with Crippen molar-refractivity contribution in [3.63, 3.8) is 0 Å². The first-order valence-corrected chi connectivity index (χ1v) is 6.80. The van der Waals surface area contributed by atoms with Crippen molar-refractivity contribution in [2.45, 2.75) is 20.4 Å². The zero-order valence-electron chi connectivity index (χ0n) is 11.2. The topological polar surface area (TPSA) is 111 Å². The molecule has 3 aromatic heterocycles. The Bertz CT molecular complexity index is 908. The highest BCUT2D eigenvalue weighted by atomic mass is 32.1. The second kappa shape index (κ2) is 4.77. The van der Waals surface area contributed by atoms with Gasteiger partial charge in [0.15, 0.2) is 10.5 Å². The monoisotopic (exact) mass is 306 g/mol. The number of hydrogen-bond acceptors (Lipinski definition) is 7. The third-order valence-corrected chi connectivity index (χ3v) is 4.21. The van der Waals surface area contributed by atoms with E-state index in [2.05, 4.69) is 15.3 Å². The maximum atomic E-state index is 12.4. The molecule has 0 radical (unpaired) electrons. The molecule has 21 heavy (non-hydrogen) atoms. The molecule has 0 aliphatic carbocycles. The fourth-order valence-electron chi connectivity index (χ4n) is 1.91. The molecule has 9 heteroatoms. The molecule has 0 fully saturated rings. The highest BCUT2D eigenvalue weighted by Gasteiger charge is 2.16. The van der Waals surface area contributed by atoms with Crippen molar-refractivity contribution in [3.8, 4) is 0 Å². The third-order valence-electron chi connectivity index (χ3n) is 3.11. The summed E-state index contributed by atoms with van der Waals surface area (Å²) in [4.78, 5) is 28.5. The van der Waals surface area contributed by atoms with Gasteiger partial charge in [0.05, 0.1) is 5.39 Å². The van der Waals surface area contributed by atoms with E-state index in [1.165, 1.54) is 11.3 Å². The Labute approximate surface area is 121 Å². The molecule has 3 aromatic rings. The molecule has 0 saturated carbocycles. The van der Waals surface area contributed by atoms with Crippen LogP contribution in [0.5, 0.6) is 0 Å². The highest BCUT2D eigenvalue weighted by molar-refractivity contribution is 7.18. The largest absolute Gasteiger partial charge is 0.476 e. The number of rotatable bonds is 3. The summed E-state index contributed by atoms with van der Waals surface area (Å²) in [6.45, 7) is 3.71. The molecular weight excluding hydrogens is 296 g/mol. The predicted octanol–water partition coefficient (Wildman–Crippen LogP) is 1.20. The number of aromatic nitrogens is 4. The number of carboxylic acids is 1. The normalized spacial score (nSPS) is 11.1. The number of fused-ring (bicyclic) bond motifs is 1. The number of carboxylic acid groups (broad SMARTS) is 1. The van der Waals surface area contributed by atoms with E-state index in [-0.39, 0.29) is 23.7 Å². The second-order valence-electron chi connectivity index (χ2n) is 4.45. The van der Waals surface area contributed by atoms with Crippen molar-refractivity contribution in [2.75, 3.05) is 0 Å². The minimum atomic E-state index is -1.19. The minimum absolute atomic E-state index is 0.0661. The van der Waals surface area contributed by atoms with E-state index in [1.807, 2.05) is 13.8 Å². The Kier molecular flexibility index (Phi) is 3.05. The Morgan fingerprint density at radius 1 is 1.48 bits per heavy atom. The van der Waals surface area contributed by atoms with E-state index in [0.717, 1.165) is 21.4 Å². The van der Waals surface area contributed by atoms with Crippen LogP contribution in [0.25, 0.3) is 10.2 Å². The molecule has 0 amide bonds. The summed E-state index contributed by atoms with van der Waals surface area (Å²) in [6, 6.07) is 0. The summed E-state index contributed by atoms with van der Waals surface area (Å²) in [6.07, 6.45) is 1.02. The molecule has 3 rings (SSSR count). The number of thiophene rings is 1. The summed E-state index contributed by atoms with van der Waals surface area (Å²) in [5.74, 6) is -1.10. The average molecular weight is 306 g/mol. The summed E-state index contributed by atoms with van der Waals surface area (Å²) in [7, 11) is 0. The lowest BCUT2D eigenvalue weighted by atomic mass is 10.2. The van der Waals surface area contributed by atoms with E-state index in [0.29, 0.717) is 10.2 Å². The van der Waals surface area contributed by atoms with Crippen molar-refractivity contribution in [1.29, 1.82) is 0 Å². The number of aryl methyl sites for hydroxylation is 2. The maximum Gasteiger partial charge on any atom is 0.357 e. The van der Waals surface area contributed by atoms with Gasteiger partial charge in [0.2, 0.25) is 5.89 Å². The summed E-state index contributed by atoms with van der Waals surface area (Å²) in [5, 5.41) is 17.1. The van der Waals surface area contributed by atoms with Crippen molar-refractivity contribution >= 4 is 27.5 Å². The lowest BCUT2D eigenvalue weighted by Gasteiger charge is -2.00. The van der Waals surface area contributed by atoms with Crippen LogP contribution in [0.15, 0.2) is 15.5 Å². The van der Waals surface area contributed by atoms with Crippen molar-refractivity contribution in [1.82, 2.24) is 20.0 Å². The lowest BCUT2D eigenvalue weighted by Crippen LogP contribution is -2.24. The zero-order chi connectivity index (χ0) is 15.1. The van der Waals surface area contributed by atoms with Gasteiger partial charge in [-0.3, -0.25) is 4.79 Å². The Morgan fingerprint density at radius 2 is 2.24 bits per heavy atom. The summed E-state index contributed by atoms with van der Waals surface area (Å²) < 4.78 is 6.13. The maximum absolute atomic E-state index is 12.4. The molecule has 108 valence electrons. The van der Waals surface area contributed by atoms with Gasteiger partial charge in [0, 0.05) is 4.88 Å². The Hall–Kier alpha value is -2.55. The van der Waals surface area contributed by atoms with Crippen LogP contribution < -0.4 is 5.56 Å². The average Bonchev–Trinajstić information content (AvgIpc) is 3.00. The van der Waals surface area contributed by atoms with Crippen molar-refractivity contribution < 1.29 is 14.3 Å². The molecule has 3 heterocycles. The Morgan fingerprint density at radius 3 is 2.90 bits per heavy atom. The molecule has 0 saturated heterocycles. The van der Waals surface area contributed by atoms with Crippen LogP contribution in [0, 0.1) is 13.8 Å². The van der Waals surface area contributed by atoms with Gasteiger partial charge in [0.1, 0.15) is 12.8 Å². The van der Waals surface area contributed by atoms with Gasteiger partial charge in [-0.1, -0.05) is 5.21 Å². The molecule has 0 bridgehead atoms. The highest BCUT2D eigenvalue weighted by Crippen LogP contribution is 2.24. The molecule has 0 aromatic carbocycles. The molecule has 0 aliphatic rings. The van der Waals surface area contributed by atoms with E-state index in [9.17, 15) is 9.59 Å². The molecule has 1 N–H and O–H groups in total. The minimum Gasteiger partial charge on any atom is -0.476 e. The quantitative estimate of drug-likeness (QED) is 0.774. The Balaban J connectivity index is 2.04. The standard InChI is InChI=1S/C12H10N4O4S/c1-5-6(2)21-10-9(5)11(17)16(15-14-10)3-8-13-7(4-20-8)12(18)19/h4H,3H2,1-2H3,(H,18,19). The van der Waals surface area contributed by atoms with E-state index < -0.39 is 5.97 Å². The summed E-state index contributed by atoms with van der Waals surface area (Å²) in [5.41, 5.74) is 0.369. The van der Waals surface area contributed by atoms with Gasteiger partial charge in [-0.15, -0.1) is 16.4 Å². The lowest BCUT2D eigenvalue weighted by molar-refractivity contribution is 0.0690. The van der Waals surface area contributed by atoms with Gasteiger partial charge < -0.3 is 9.52 Å². The number of nitrogens with zero attached hydrogens (tertiary/aromatic N) is 4. The molecule has 0 spiro atoms. The van der Waals surface area contributed by atoms with Crippen LogP contribution in [-0.4, -0.2) is 31.1 Å². The first-order valence-electron chi connectivity index (χ1n) is 5.98. The third kappa shape index (κ3) is 2.21. The van der Waals surface area contributed by atoms with Crippen molar-refractivity contribution in [3.05, 3.63) is 38.6 Å². The molecule has 0 aliphatic heterocycles. The fraction of sp³-hybridized carbons (Fsp3) is 0.250. The predicted molar refractivity (Wildman–Crippen MR) is 73.7 cm³/mol. The van der Waals surface area contributed by atoms with Crippen LogP contribution in [0.4, 0.5) is 0 Å². The van der Waals surface area contributed by atoms with Gasteiger partial charge in [-0.05, 0) is 19.4 Å². The van der Waals surface area contributed by atoms with Gasteiger partial charge in [-0.2, -0.15) is 0 Å². The molecular formula is C12H10N4O4S. The van der Waals surface area contributed by atoms with Crippen LogP contribution >= 0.6 is 11.3 Å². The van der Waals surface area contributed by atoms with Gasteiger partial charge in [-0.25, -0.2) is 14.5 Å². The first kappa shape index (κ1) is 13.4. The van der Waals surface area contributed by atoms with Crippen LogP contribution in [-0.2, 0) is 6.54 Å². The van der Waals surface area contributed by atoms with E-state index in [4.69, 9.17) is 9.52 Å². The number of oxazole rings is 1. The van der Waals surface area contributed by atoms with E-state index >= 15 is 0 Å². The van der Waals surface area contributed by atoms with Gasteiger partial charge >= 0.3 is 5.97 Å². The smallest absolute Gasteiger partial charge is 0.357 e. The van der Waals surface area contributed by atoms with Crippen molar-refractivity contribution in [2.24, 2.45) is 0 Å². The van der Waals surface area contributed by atoms with E-state index in [1.54, 1.807) is 0 Å². The van der Waals surface area contributed by atoms with Gasteiger partial charge in [0.25, 0.3) is 5.56 Å². The fourth-order valence-corrected chi connectivity index (χ4v) is 2.87. The number of hydrogen-bond donors (Lipinski definition) is 1. The second-order valence-corrected chi connectivity index (χ2v) is 5.65. The zero-order valence-corrected chi connectivity index (χ0v) is 12.0. The van der Waals surface area contributed by atoms with Crippen LogP contribution in [0.3, 0.4) is 0 Å². The first-order chi connectivity index (χ1) is 9.97. The molecule has 8 nitrogen and oxygen atoms in total. The molecule has 0 atom stereocenters.